The number of carbonyl (C=O) groups is 2. The summed E-state index contributed by atoms with van der Waals surface area (Å²) in [5.41, 5.74) is 2.97. The molecule has 218 valence electrons. The molecular weight excluding hydrogens is 522 g/mol. The summed E-state index contributed by atoms with van der Waals surface area (Å²) in [6.45, 7) is 5.74. The summed E-state index contributed by atoms with van der Waals surface area (Å²) < 4.78 is 11.1. The zero-order valence-corrected chi connectivity index (χ0v) is 23.9. The van der Waals surface area contributed by atoms with E-state index < -0.39 is 23.8 Å². The first-order valence-corrected chi connectivity index (χ1v) is 14.3. The fourth-order valence-corrected chi connectivity index (χ4v) is 5.16. The minimum absolute atomic E-state index is 0.0128. The summed E-state index contributed by atoms with van der Waals surface area (Å²) >= 11 is 0. The summed E-state index contributed by atoms with van der Waals surface area (Å²) in [7, 11) is 0. The van der Waals surface area contributed by atoms with Crippen molar-refractivity contribution in [2.45, 2.75) is 89.6 Å². The van der Waals surface area contributed by atoms with E-state index in [9.17, 15) is 14.7 Å². The number of aromatic nitrogens is 2. The Morgan fingerprint density at radius 2 is 2.00 bits per heavy atom. The molecule has 0 radical (unpaired) electrons. The van der Waals surface area contributed by atoms with Gasteiger partial charge in [-0.25, -0.2) is 14.8 Å². The number of oxazole rings is 1. The van der Waals surface area contributed by atoms with E-state index in [1.807, 2.05) is 20.8 Å². The topological polar surface area (TPSA) is 130 Å². The normalized spacial score (nSPS) is 17.8. The highest BCUT2D eigenvalue weighted by Crippen LogP contribution is 2.28. The molecule has 2 aliphatic rings. The highest BCUT2D eigenvalue weighted by molar-refractivity contribution is 5.94. The number of hydrogen-bond donors (Lipinski definition) is 3. The molecule has 2 atom stereocenters. The van der Waals surface area contributed by atoms with Crippen molar-refractivity contribution >= 4 is 17.8 Å². The number of carbonyl (C=O) groups excluding carboxylic acids is 2. The van der Waals surface area contributed by atoms with Gasteiger partial charge in [0.1, 0.15) is 17.2 Å². The Balaban J connectivity index is 1.26. The van der Waals surface area contributed by atoms with Crippen molar-refractivity contribution in [3.8, 4) is 0 Å². The van der Waals surface area contributed by atoms with Crippen LogP contribution in [0.1, 0.15) is 72.8 Å². The largest absolute Gasteiger partial charge is 0.449 e. The Kier molecular flexibility index (Phi) is 8.58. The van der Waals surface area contributed by atoms with Crippen LogP contribution in [-0.4, -0.2) is 62.3 Å². The van der Waals surface area contributed by atoms with Crippen LogP contribution in [-0.2, 0) is 30.5 Å². The van der Waals surface area contributed by atoms with Gasteiger partial charge in [0.25, 0.3) is 5.91 Å². The van der Waals surface area contributed by atoms with Crippen molar-refractivity contribution in [1.29, 1.82) is 0 Å². The van der Waals surface area contributed by atoms with Crippen LogP contribution in [0.3, 0.4) is 0 Å². The van der Waals surface area contributed by atoms with Crippen molar-refractivity contribution in [1.82, 2.24) is 20.2 Å². The molecule has 1 saturated carbocycles. The molecule has 5 rings (SSSR count). The molecule has 1 aliphatic heterocycles. The summed E-state index contributed by atoms with van der Waals surface area (Å²) in [6, 6.07) is 9.45. The van der Waals surface area contributed by atoms with Gasteiger partial charge >= 0.3 is 6.09 Å². The van der Waals surface area contributed by atoms with E-state index in [0.717, 1.165) is 48.1 Å². The van der Waals surface area contributed by atoms with E-state index in [1.165, 1.54) is 12.8 Å². The molecular formula is C31H39N5O5. The molecule has 0 saturated heterocycles. The molecule has 3 heterocycles. The first-order chi connectivity index (χ1) is 19.6. The maximum Gasteiger partial charge on any atom is 0.410 e. The lowest BCUT2D eigenvalue weighted by atomic mass is 9.89. The van der Waals surface area contributed by atoms with E-state index in [-0.39, 0.29) is 12.5 Å². The van der Waals surface area contributed by atoms with Gasteiger partial charge in [-0.15, -0.1) is 0 Å². The van der Waals surface area contributed by atoms with Crippen molar-refractivity contribution in [3.05, 3.63) is 77.1 Å². The molecule has 3 aromatic rings. The molecule has 0 bridgehead atoms. The lowest BCUT2D eigenvalue weighted by molar-refractivity contribution is -0.0113. The molecule has 2 aromatic heterocycles. The molecule has 2 amide bonds. The van der Waals surface area contributed by atoms with E-state index in [0.29, 0.717) is 30.4 Å². The van der Waals surface area contributed by atoms with Crippen LogP contribution in [0.15, 0.2) is 53.5 Å². The predicted molar refractivity (Wildman–Crippen MR) is 153 cm³/mol. The van der Waals surface area contributed by atoms with Crippen LogP contribution in [0.25, 0.3) is 0 Å². The van der Waals surface area contributed by atoms with Gasteiger partial charge in [0, 0.05) is 37.3 Å². The molecule has 1 aliphatic carbocycles. The number of hydrogen-bond acceptors (Lipinski definition) is 8. The van der Waals surface area contributed by atoms with Crippen LogP contribution in [0.2, 0.25) is 0 Å². The number of fused-ring (bicyclic) bond motifs is 1. The fourth-order valence-electron chi connectivity index (χ4n) is 5.16. The zero-order chi connectivity index (χ0) is 29.0. The van der Waals surface area contributed by atoms with Crippen molar-refractivity contribution in [3.63, 3.8) is 0 Å². The Morgan fingerprint density at radius 3 is 2.71 bits per heavy atom. The molecule has 10 heteroatoms. The average molecular weight is 562 g/mol. The van der Waals surface area contributed by atoms with Crippen LogP contribution < -0.4 is 10.6 Å². The second kappa shape index (κ2) is 12.3. The maximum atomic E-state index is 13.3. The summed E-state index contributed by atoms with van der Waals surface area (Å²) in [5.74, 6) is 1.18. The number of anilines is 1. The summed E-state index contributed by atoms with van der Waals surface area (Å²) in [4.78, 5) is 36.1. The van der Waals surface area contributed by atoms with Gasteiger partial charge in [0.15, 0.2) is 6.39 Å². The van der Waals surface area contributed by atoms with Crippen LogP contribution >= 0.6 is 0 Å². The molecule has 0 spiro atoms. The first kappa shape index (κ1) is 28.6. The lowest BCUT2D eigenvalue weighted by Gasteiger charge is -2.40. The summed E-state index contributed by atoms with van der Waals surface area (Å²) in [6.07, 6.45) is 8.61. The Hall–Kier alpha value is -3.92. The van der Waals surface area contributed by atoms with Crippen molar-refractivity contribution in [2.24, 2.45) is 0 Å². The van der Waals surface area contributed by atoms with Gasteiger partial charge in [-0.05, 0) is 81.7 Å². The van der Waals surface area contributed by atoms with Crippen LogP contribution in [0.4, 0.5) is 10.6 Å². The van der Waals surface area contributed by atoms with Gasteiger partial charge in [0.05, 0.1) is 18.3 Å². The van der Waals surface area contributed by atoms with E-state index >= 15 is 0 Å². The monoisotopic (exact) mass is 561 g/mol. The third-order valence-electron chi connectivity index (χ3n) is 7.61. The average Bonchev–Trinajstić information content (AvgIpc) is 3.44. The molecule has 1 aromatic carbocycles. The SMILES string of the molecule is CC(C)(C)OC(=O)N1Cc2cc(CCc3cnco3)ccc2C[C@H]1[C@H](O)CNC(=O)c1ccnc(NC2CCC2)c1. The van der Waals surface area contributed by atoms with E-state index in [2.05, 4.69) is 38.8 Å². The van der Waals surface area contributed by atoms with Crippen LogP contribution in [0, 0.1) is 0 Å². The molecule has 10 nitrogen and oxygen atoms in total. The Labute approximate surface area is 240 Å². The van der Waals surface area contributed by atoms with Crippen LogP contribution in [0.5, 0.6) is 0 Å². The maximum absolute atomic E-state index is 13.3. The minimum Gasteiger partial charge on any atom is -0.449 e. The highest BCUT2D eigenvalue weighted by Gasteiger charge is 2.37. The van der Waals surface area contributed by atoms with Crippen molar-refractivity contribution in [2.75, 3.05) is 11.9 Å². The third-order valence-corrected chi connectivity index (χ3v) is 7.61. The third kappa shape index (κ3) is 7.43. The number of aliphatic hydroxyl groups excluding tert-OH is 1. The highest BCUT2D eigenvalue weighted by atomic mass is 16.6. The summed E-state index contributed by atoms with van der Waals surface area (Å²) in [5, 5.41) is 17.5. The molecule has 0 unspecified atom stereocenters. The number of nitrogens with zero attached hydrogens (tertiary/aromatic N) is 3. The lowest BCUT2D eigenvalue weighted by Crippen LogP contribution is -2.54. The van der Waals surface area contributed by atoms with E-state index in [1.54, 1.807) is 29.4 Å². The van der Waals surface area contributed by atoms with E-state index in [4.69, 9.17) is 9.15 Å². The van der Waals surface area contributed by atoms with Gasteiger partial charge in [0.2, 0.25) is 0 Å². The standard InChI is InChI=1S/C31H39N5O5/c1-31(2,3)41-30(39)36-18-23-13-20(8-10-25-16-32-19-40-25)7-9-21(23)14-26(36)27(37)17-34-29(38)22-11-12-33-28(15-22)35-24-5-4-6-24/h7,9,11-13,15-16,19,24,26-27,37H,4-6,8,10,14,17-18H2,1-3H3,(H,33,35)(H,34,38)/t26-,27+/m0/s1. The zero-order valence-electron chi connectivity index (χ0n) is 23.9. The second-order valence-electron chi connectivity index (χ2n) is 11.9. The predicted octanol–water partition coefficient (Wildman–Crippen LogP) is 4.27. The number of rotatable bonds is 9. The van der Waals surface area contributed by atoms with Gasteiger partial charge in [-0.3, -0.25) is 9.69 Å². The quantitative estimate of drug-likeness (QED) is 0.353. The molecule has 3 N–H and O–H groups in total. The number of benzene rings is 1. The minimum atomic E-state index is -1.000. The smallest absolute Gasteiger partial charge is 0.410 e. The fraction of sp³-hybridized carbons (Fsp3) is 0.484. The second-order valence-corrected chi connectivity index (χ2v) is 11.9. The number of nitrogens with one attached hydrogen (secondary N) is 2. The van der Waals surface area contributed by atoms with Crippen molar-refractivity contribution < 1.29 is 23.8 Å². The number of aryl methyl sites for hydroxylation is 2. The van der Waals surface area contributed by atoms with Gasteiger partial charge in [-0.1, -0.05) is 18.2 Å². The number of ether oxygens (including phenoxy) is 1. The number of amides is 2. The molecule has 41 heavy (non-hydrogen) atoms. The van der Waals surface area contributed by atoms with Gasteiger partial charge in [-0.2, -0.15) is 0 Å². The van der Waals surface area contributed by atoms with Gasteiger partial charge < -0.3 is 24.9 Å². The molecule has 1 fully saturated rings. The Bertz CT molecular complexity index is 1350. The number of pyridine rings is 1. The first-order valence-electron chi connectivity index (χ1n) is 14.3. The Morgan fingerprint density at radius 1 is 1.17 bits per heavy atom. The number of aliphatic hydroxyl groups is 1.